The minimum Gasteiger partial charge on any atom is -0.292 e. The molecule has 0 saturated carbocycles. The van der Waals surface area contributed by atoms with Crippen LogP contribution in [-0.2, 0) is 13.1 Å². The molecular weight excluding hydrogens is 340 g/mol. The molecule has 25 heavy (non-hydrogen) atoms. The van der Waals surface area contributed by atoms with Crippen molar-refractivity contribution in [3.05, 3.63) is 80.0 Å². The lowest BCUT2D eigenvalue weighted by Gasteiger charge is -2.13. The van der Waals surface area contributed by atoms with Gasteiger partial charge in [-0.3, -0.25) is 18.7 Å². The van der Waals surface area contributed by atoms with Gasteiger partial charge in [-0.05, 0) is 42.8 Å². The van der Waals surface area contributed by atoms with Gasteiger partial charge in [-0.25, -0.2) is 4.79 Å². The Morgan fingerprint density at radius 1 is 1.00 bits per heavy atom. The van der Waals surface area contributed by atoms with Crippen molar-refractivity contribution in [2.24, 2.45) is 0 Å². The van der Waals surface area contributed by atoms with Gasteiger partial charge in [0.05, 0.1) is 17.4 Å². The van der Waals surface area contributed by atoms with Gasteiger partial charge in [-0.2, -0.15) is 0 Å². The summed E-state index contributed by atoms with van der Waals surface area (Å²) in [5.74, 6) is -0.217. The van der Waals surface area contributed by atoms with Gasteiger partial charge in [0.25, 0.3) is 5.56 Å². The molecule has 0 spiro atoms. The number of hydrogen-bond donors (Lipinski definition) is 0. The van der Waals surface area contributed by atoms with Gasteiger partial charge >= 0.3 is 5.69 Å². The summed E-state index contributed by atoms with van der Waals surface area (Å²) in [6.07, 6.45) is 0.651. The molecule has 0 fully saturated rings. The highest BCUT2D eigenvalue weighted by Gasteiger charge is 2.15. The fraction of sp³-hybridized carbons (Fsp3) is 0.211. The molecule has 2 aromatic carbocycles. The molecule has 0 aliphatic carbocycles. The molecule has 0 N–H and O–H groups in total. The Hall–Kier alpha value is -2.66. The fourth-order valence-electron chi connectivity index (χ4n) is 2.82. The zero-order chi connectivity index (χ0) is 18.0. The predicted molar refractivity (Wildman–Crippen MR) is 98.5 cm³/mol. The minimum atomic E-state index is -0.465. The van der Waals surface area contributed by atoms with Gasteiger partial charge in [-0.1, -0.05) is 30.7 Å². The molecular formula is C19H17ClN2O3. The number of halogens is 1. The fourth-order valence-corrected chi connectivity index (χ4v) is 2.94. The predicted octanol–water partition coefficient (Wildman–Crippen LogP) is 3.11. The molecule has 0 saturated heterocycles. The van der Waals surface area contributed by atoms with Crippen molar-refractivity contribution >= 4 is 28.3 Å². The number of fused-ring (bicyclic) bond motifs is 1. The molecule has 0 bridgehead atoms. The van der Waals surface area contributed by atoms with Crippen LogP contribution >= 0.6 is 11.6 Å². The van der Waals surface area contributed by atoms with E-state index in [1.165, 1.54) is 9.13 Å². The number of ketones is 1. The maximum Gasteiger partial charge on any atom is 0.331 e. The normalized spacial score (nSPS) is 11.0. The number of carbonyl (C=O) groups excluding carboxylic acids is 1. The van der Waals surface area contributed by atoms with Crippen LogP contribution in [0.1, 0.15) is 23.7 Å². The van der Waals surface area contributed by atoms with E-state index in [-0.39, 0.29) is 17.9 Å². The van der Waals surface area contributed by atoms with E-state index in [4.69, 9.17) is 11.6 Å². The summed E-state index contributed by atoms with van der Waals surface area (Å²) in [6, 6.07) is 13.4. The maximum atomic E-state index is 12.8. The van der Waals surface area contributed by atoms with Crippen molar-refractivity contribution in [3.63, 3.8) is 0 Å². The second-order valence-corrected chi connectivity index (χ2v) is 6.21. The third-order valence-electron chi connectivity index (χ3n) is 4.05. The Bertz CT molecular complexity index is 1050. The molecule has 128 valence electrons. The van der Waals surface area contributed by atoms with Crippen molar-refractivity contribution in [1.82, 2.24) is 9.13 Å². The largest absolute Gasteiger partial charge is 0.331 e. The van der Waals surface area contributed by atoms with E-state index in [1.807, 2.05) is 6.92 Å². The molecule has 0 atom stereocenters. The highest BCUT2D eigenvalue weighted by atomic mass is 35.5. The van der Waals surface area contributed by atoms with Gasteiger partial charge in [0.2, 0.25) is 0 Å². The lowest BCUT2D eigenvalue weighted by Crippen LogP contribution is -2.41. The van der Waals surface area contributed by atoms with Gasteiger partial charge < -0.3 is 0 Å². The zero-order valence-electron chi connectivity index (χ0n) is 13.7. The van der Waals surface area contributed by atoms with Crippen LogP contribution in [0.2, 0.25) is 5.02 Å². The first-order valence-corrected chi connectivity index (χ1v) is 8.42. The van der Waals surface area contributed by atoms with E-state index in [2.05, 4.69) is 0 Å². The average molecular weight is 357 g/mol. The lowest BCUT2D eigenvalue weighted by molar-refractivity contribution is 0.0971. The summed E-state index contributed by atoms with van der Waals surface area (Å²) in [4.78, 5) is 37.9. The van der Waals surface area contributed by atoms with Crippen molar-refractivity contribution in [1.29, 1.82) is 0 Å². The summed E-state index contributed by atoms with van der Waals surface area (Å²) < 4.78 is 2.56. The Morgan fingerprint density at radius 2 is 1.68 bits per heavy atom. The van der Waals surface area contributed by atoms with E-state index in [0.29, 0.717) is 34.5 Å². The highest BCUT2D eigenvalue weighted by molar-refractivity contribution is 6.30. The SMILES string of the molecule is CCCn1c(=O)c2ccccc2n(CC(=O)c2ccc(Cl)cc2)c1=O. The molecule has 1 aromatic heterocycles. The zero-order valence-corrected chi connectivity index (χ0v) is 14.5. The number of benzene rings is 2. The number of nitrogens with zero attached hydrogens (tertiary/aromatic N) is 2. The van der Waals surface area contributed by atoms with Gasteiger partial charge in [-0.15, -0.1) is 0 Å². The third-order valence-corrected chi connectivity index (χ3v) is 4.30. The summed E-state index contributed by atoms with van der Waals surface area (Å²) in [5, 5.41) is 0.968. The monoisotopic (exact) mass is 356 g/mol. The average Bonchev–Trinajstić information content (AvgIpc) is 2.62. The van der Waals surface area contributed by atoms with Gasteiger partial charge in [0, 0.05) is 17.1 Å². The molecule has 3 rings (SSSR count). The van der Waals surface area contributed by atoms with Crippen LogP contribution in [0.15, 0.2) is 58.1 Å². The Labute approximate surface area is 149 Å². The molecule has 6 heteroatoms. The van der Waals surface area contributed by atoms with Crippen LogP contribution in [-0.4, -0.2) is 14.9 Å². The van der Waals surface area contributed by atoms with E-state index < -0.39 is 5.69 Å². The summed E-state index contributed by atoms with van der Waals surface area (Å²) >= 11 is 5.85. The van der Waals surface area contributed by atoms with Crippen LogP contribution in [0.25, 0.3) is 10.9 Å². The van der Waals surface area contributed by atoms with Crippen molar-refractivity contribution in [2.75, 3.05) is 0 Å². The molecule has 1 heterocycles. The number of hydrogen-bond acceptors (Lipinski definition) is 3. The Morgan fingerprint density at radius 3 is 2.36 bits per heavy atom. The van der Waals surface area contributed by atoms with E-state index >= 15 is 0 Å². The van der Waals surface area contributed by atoms with Crippen molar-refractivity contribution < 1.29 is 4.79 Å². The second kappa shape index (κ2) is 7.07. The number of para-hydroxylation sites is 1. The number of carbonyl (C=O) groups is 1. The second-order valence-electron chi connectivity index (χ2n) is 5.77. The van der Waals surface area contributed by atoms with Crippen LogP contribution in [0, 0.1) is 0 Å². The van der Waals surface area contributed by atoms with Gasteiger partial charge in [0.15, 0.2) is 5.78 Å². The number of aromatic nitrogens is 2. The quantitative estimate of drug-likeness (QED) is 0.660. The van der Waals surface area contributed by atoms with Crippen molar-refractivity contribution in [2.45, 2.75) is 26.4 Å². The first-order valence-electron chi connectivity index (χ1n) is 8.04. The van der Waals surface area contributed by atoms with Crippen LogP contribution in [0.3, 0.4) is 0 Å². The first-order chi connectivity index (χ1) is 12.0. The molecule has 3 aromatic rings. The Balaban J connectivity index is 2.15. The molecule has 5 nitrogen and oxygen atoms in total. The topological polar surface area (TPSA) is 61.1 Å². The number of rotatable bonds is 5. The third kappa shape index (κ3) is 3.28. The summed E-state index contributed by atoms with van der Waals surface area (Å²) in [5.41, 5.74) is 0.145. The standard InChI is InChI=1S/C19H17ClN2O3/c1-2-11-21-18(24)15-5-3-4-6-16(15)22(19(21)25)12-17(23)13-7-9-14(20)10-8-13/h3-10H,2,11-12H2,1H3. The van der Waals surface area contributed by atoms with E-state index in [0.717, 1.165) is 0 Å². The summed E-state index contributed by atoms with van der Waals surface area (Å²) in [6.45, 7) is 2.08. The summed E-state index contributed by atoms with van der Waals surface area (Å²) in [7, 11) is 0. The van der Waals surface area contributed by atoms with E-state index in [1.54, 1.807) is 48.5 Å². The maximum absolute atomic E-state index is 12.8. The molecule has 0 radical (unpaired) electrons. The molecule has 0 aliphatic rings. The minimum absolute atomic E-state index is 0.134. The molecule has 0 amide bonds. The van der Waals surface area contributed by atoms with Crippen molar-refractivity contribution in [3.8, 4) is 0 Å². The lowest BCUT2D eigenvalue weighted by atomic mass is 10.1. The smallest absolute Gasteiger partial charge is 0.292 e. The van der Waals surface area contributed by atoms with E-state index in [9.17, 15) is 14.4 Å². The van der Waals surface area contributed by atoms with Crippen LogP contribution < -0.4 is 11.2 Å². The highest BCUT2D eigenvalue weighted by Crippen LogP contribution is 2.12. The molecule has 0 unspecified atom stereocenters. The first kappa shape index (κ1) is 17.2. The van der Waals surface area contributed by atoms with Crippen LogP contribution in [0.4, 0.5) is 0 Å². The number of Topliss-reactive ketones (excluding diaryl/α,β-unsaturated/α-hetero) is 1. The van der Waals surface area contributed by atoms with Crippen LogP contribution in [0.5, 0.6) is 0 Å². The molecule has 0 aliphatic heterocycles. The van der Waals surface area contributed by atoms with Gasteiger partial charge in [0.1, 0.15) is 0 Å². The Kier molecular flexibility index (Phi) is 4.86.